The monoisotopic (exact) mass is 486 g/mol. The van der Waals surface area contributed by atoms with E-state index in [9.17, 15) is 14.4 Å². The van der Waals surface area contributed by atoms with E-state index in [0.29, 0.717) is 18.2 Å². The van der Waals surface area contributed by atoms with Gasteiger partial charge < -0.3 is 19.9 Å². The van der Waals surface area contributed by atoms with Gasteiger partial charge in [0.15, 0.2) is 10.8 Å². The van der Waals surface area contributed by atoms with Gasteiger partial charge in [-0.1, -0.05) is 55.9 Å². The second kappa shape index (κ2) is 11.7. The van der Waals surface area contributed by atoms with E-state index in [-0.39, 0.29) is 42.2 Å². The van der Waals surface area contributed by atoms with Crippen molar-refractivity contribution in [1.82, 2.24) is 19.1 Å². The number of anilines is 2. The van der Waals surface area contributed by atoms with Crippen LogP contribution in [0.5, 0.6) is 0 Å². The first-order valence-electron chi connectivity index (χ1n) is 10.9. The molecule has 0 fully saturated rings. The molecule has 0 unspecified atom stereocenters. The molecule has 34 heavy (non-hydrogen) atoms. The van der Waals surface area contributed by atoms with Crippen molar-refractivity contribution in [3.8, 4) is 0 Å². The zero-order valence-electron chi connectivity index (χ0n) is 19.6. The topological polar surface area (TPSA) is 128 Å². The summed E-state index contributed by atoms with van der Waals surface area (Å²) in [5.74, 6) is -0.246. The molecule has 1 aromatic carbocycles. The van der Waals surface area contributed by atoms with E-state index in [1.165, 1.54) is 28.3 Å². The maximum Gasteiger partial charge on any atom is 0.330 e. The number of nitrogens with one attached hydrogen (secondary N) is 1. The Labute approximate surface area is 201 Å². The Morgan fingerprint density at radius 3 is 2.68 bits per heavy atom. The van der Waals surface area contributed by atoms with E-state index in [1.807, 2.05) is 54.9 Å². The summed E-state index contributed by atoms with van der Waals surface area (Å²) in [6.45, 7) is 5.10. The van der Waals surface area contributed by atoms with Gasteiger partial charge in [-0.3, -0.25) is 19.1 Å². The molecule has 2 heterocycles. The van der Waals surface area contributed by atoms with Gasteiger partial charge in [0.25, 0.3) is 5.56 Å². The Bertz CT molecular complexity index is 1220. The fraction of sp³-hybridized carbons (Fsp3) is 0.391. The Kier molecular flexibility index (Phi) is 8.72. The SMILES string of the molecule is COCCN(C(=O)CSc1nccn1Cc1ccccc1)c1c(N)n(CC(C)C)c(=O)[nH]c1=O. The van der Waals surface area contributed by atoms with Crippen molar-refractivity contribution >= 4 is 29.2 Å². The third kappa shape index (κ3) is 6.17. The summed E-state index contributed by atoms with van der Waals surface area (Å²) in [5, 5.41) is 0.676. The minimum atomic E-state index is -0.706. The van der Waals surface area contributed by atoms with Crippen LogP contribution in [0, 0.1) is 5.92 Å². The van der Waals surface area contributed by atoms with Crippen molar-refractivity contribution in [3.05, 3.63) is 69.1 Å². The first-order valence-corrected chi connectivity index (χ1v) is 11.9. The maximum absolute atomic E-state index is 13.3. The van der Waals surface area contributed by atoms with E-state index in [2.05, 4.69) is 9.97 Å². The molecular formula is C23H30N6O4S. The van der Waals surface area contributed by atoms with Gasteiger partial charge in [0.2, 0.25) is 5.91 Å². The fourth-order valence-corrected chi connectivity index (χ4v) is 4.30. The number of thioether (sulfide) groups is 1. The quantitative estimate of drug-likeness (QED) is 0.396. The molecule has 11 heteroatoms. The van der Waals surface area contributed by atoms with Crippen LogP contribution in [0.4, 0.5) is 11.5 Å². The second-order valence-corrected chi connectivity index (χ2v) is 9.09. The molecule has 3 N–H and O–H groups in total. The Morgan fingerprint density at radius 2 is 2.00 bits per heavy atom. The van der Waals surface area contributed by atoms with Gasteiger partial charge in [0.05, 0.1) is 12.4 Å². The van der Waals surface area contributed by atoms with Crippen molar-refractivity contribution < 1.29 is 9.53 Å². The lowest BCUT2D eigenvalue weighted by Crippen LogP contribution is -2.43. The van der Waals surface area contributed by atoms with Gasteiger partial charge in [-0.2, -0.15) is 0 Å². The summed E-state index contributed by atoms with van der Waals surface area (Å²) < 4.78 is 8.38. The third-order valence-corrected chi connectivity index (χ3v) is 6.04. The molecule has 10 nitrogen and oxygen atoms in total. The smallest absolute Gasteiger partial charge is 0.330 e. The normalized spacial score (nSPS) is 11.2. The molecule has 0 aliphatic carbocycles. The highest BCUT2D eigenvalue weighted by Crippen LogP contribution is 2.22. The minimum Gasteiger partial charge on any atom is -0.383 e. The molecule has 2 aromatic heterocycles. The average Bonchev–Trinajstić information content (AvgIpc) is 3.24. The van der Waals surface area contributed by atoms with Gasteiger partial charge in [-0.05, 0) is 11.5 Å². The number of methoxy groups -OCH3 is 1. The number of imidazole rings is 1. The summed E-state index contributed by atoms with van der Waals surface area (Å²) in [4.78, 5) is 46.2. The molecule has 0 saturated carbocycles. The lowest BCUT2D eigenvalue weighted by molar-refractivity contribution is -0.116. The predicted octanol–water partition coefficient (Wildman–Crippen LogP) is 1.79. The van der Waals surface area contributed by atoms with Crippen LogP contribution in [0.2, 0.25) is 0 Å². The highest BCUT2D eigenvalue weighted by Gasteiger charge is 2.25. The molecule has 0 aliphatic heterocycles. The number of H-pyrrole nitrogens is 1. The van der Waals surface area contributed by atoms with E-state index in [4.69, 9.17) is 10.5 Å². The van der Waals surface area contributed by atoms with Crippen LogP contribution in [0.1, 0.15) is 19.4 Å². The second-order valence-electron chi connectivity index (χ2n) is 8.15. The van der Waals surface area contributed by atoms with E-state index >= 15 is 0 Å². The number of amides is 1. The van der Waals surface area contributed by atoms with Crippen molar-refractivity contribution in [2.24, 2.45) is 5.92 Å². The number of aromatic nitrogens is 4. The van der Waals surface area contributed by atoms with E-state index in [0.717, 1.165) is 5.56 Å². The average molecular weight is 487 g/mol. The molecule has 1 amide bonds. The molecule has 0 saturated heterocycles. The Balaban J connectivity index is 1.84. The van der Waals surface area contributed by atoms with Crippen molar-refractivity contribution in [2.75, 3.05) is 36.6 Å². The van der Waals surface area contributed by atoms with Gasteiger partial charge in [-0.25, -0.2) is 9.78 Å². The van der Waals surface area contributed by atoms with Crippen molar-refractivity contribution in [3.63, 3.8) is 0 Å². The lowest BCUT2D eigenvalue weighted by Gasteiger charge is -2.24. The summed E-state index contributed by atoms with van der Waals surface area (Å²) in [5.41, 5.74) is 5.99. The van der Waals surface area contributed by atoms with Crippen LogP contribution in [-0.4, -0.2) is 51.0 Å². The summed E-state index contributed by atoms with van der Waals surface area (Å²) in [7, 11) is 1.51. The first-order chi connectivity index (χ1) is 16.3. The van der Waals surface area contributed by atoms with Gasteiger partial charge in [0.1, 0.15) is 5.82 Å². The fourth-order valence-electron chi connectivity index (χ4n) is 3.47. The predicted molar refractivity (Wildman–Crippen MR) is 133 cm³/mol. The highest BCUT2D eigenvalue weighted by molar-refractivity contribution is 7.99. The molecule has 182 valence electrons. The van der Waals surface area contributed by atoms with Crippen LogP contribution >= 0.6 is 11.8 Å². The number of aromatic amines is 1. The van der Waals surface area contributed by atoms with Crippen molar-refractivity contribution in [2.45, 2.75) is 32.1 Å². The van der Waals surface area contributed by atoms with Crippen LogP contribution in [0.15, 0.2) is 57.5 Å². The summed E-state index contributed by atoms with van der Waals surface area (Å²) in [6.07, 6.45) is 3.54. The standard InChI is InChI=1S/C23H30N6O4S/c1-16(2)13-29-20(24)19(21(31)26-22(29)32)28(11-12-33-3)18(30)15-34-23-25-9-10-27(23)14-17-7-5-4-6-8-17/h4-10,16H,11-15,24H2,1-3H3,(H,26,31,32). The molecule has 0 spiro atoms. The van der Waals surface area contributed by atoms with Gasteiger partial charge >= 0.3 is 5.69 Å². The van der Waals surface area contributed by atoms with Crippen molar-refractivity contribution in [1.29, 1.82) is 0 Å². The summed E-state index contributed by atoms with van der Waals surface area (Å²) in [6, 6.07) is 9.94. The number of nitrogens with two attached hydrogens (primary N) is 1. The van der Waals surface area contributed by atoms with E-state index in [1.54, 1.807) is 6.20 Å². The molecule has 0 atom stereocenters. The molecule has 3 aromatic rings. The number of hydrogen-bond acceptors (Lipinski definition) is 7. The number of nitrogen functional groups attached to an aromatic ring is 1. The first kappa shape index (κ1) is 25.3. The zero-order chi connectivity index (χ0) is 24.7. The van der Waals surface area contributed by atoms with Crippen LogP contribution < -0.4 is 21.9 Å². The van der Waals surface area contributed by atoms with E-state index < -0.39 is 11.2 Å². The number of carbonyl (C=O) groups is 1. The Hall–Kier alpha value is -3.31. The maximum atomic E-state index is 13.3. The van der Waals surface area contributed by atoms with Gasteiger partial charge in [-0.15, -0.1) is 0 Å². The number of benzene rings is 1. The van der Waals surface area contributed by atoms with Crippen LogP contribution in [0.3, 0.4) is 0 Å². The van der Waals surface area contributed by atoms with Gasteiger partial charge in [0, 0.05) is 39.1 Å². The highest BCUT2D eigenvalue weighted by atomic mass is 32.2. The zero-order valence-corrected chi connectivity index (χ0v) is 20.4. The minimum absolute atomic E-state index is 0.0255. The lowest BCUT2D eigenvalue weighted by atomic mass is 10.2. The Morgan fingerprint density at radius 1 is 1.26 bits per heavy atom. The number of hydrogen-bond donors (Lipinski definition) is 2. The molecule has 3 rings (SSSR count). The van der Waals surface area contributed by atoms with Crippen LogP contribution in [-0.2, 0) is 22.6 Å². The number of carbonyl (C=O) groups excluding carboxylic acids is 1. The summed E-state index contributed by atoms with van der Waals surface area (Å²) >= 11 is 1.27. The molecule has 0 radical (unpaired) electrons. The number of nitrogens with zero attached hydrogens (tertiary/aromatic N) is 4. The number of rotatable bonds is 11. The third-order valence-electron chi connectivity index (χ3n) is 5.05. The molecule has 0 aliphatic rings. The largest absolute Gasteiger partial charge is 0.383 e. The number of ether oxygens (including phenoxy) is 1. The molecule has 0 bridgehead atoms. The van der Waals surface area contributed by atoms with Crippen LogP contribution in [0.25, 0.3) is 0 Å². The molecular weight excluding hydrogens is 456 g/mol.